The van der Waals surface area contributed by atoms with Crippen LogP contribution in [0.4, 0.5) is 0 Å². The zero-order chi connectivity index (χ0) is 16.2. The summed E-state index contributed by atoms with van der Waals surface area (Å²) in [6.45, 7) is 6.66. The standard InChI is InChI=1S/C14H20ClNO4S/c1-5-16(6-7-20-4)14(17)12-8-10(2)11(3)13(9-12)21(15,18)19/h8-9H,5-7H2,1-4H3. The van der Waals surface area contributed by atoms with Crippen LogP contribution < -0.4 is 0 Å². The van der Waals surface area contributed by atoms with E-state index in [9.17, 15) is 13.2 Å². The molecule has 0 aliphatic rings. The van der Waals surface area contributed by atoms with Gasteiger partial charge in [0.25, 0.3) is 15.0 Å². The van der Waals surface area contributed by atoms with Gasteiger partial charge in [0.2, 0.25) is 0 Å². The first-order chi connectivity index (χ1) is 9.72. The molecule has 0 aromatic heterocycles. The van der Waals surface area contributed by atoms with Crippen LogP contribution in [0.25, 0.3) is 0 Å². The maximum Gasteiger partial charge on any atom is 0.261 e. The molecule has 1 aromatic carbocycles. The summed E-state index contributed by atoms with van der Waals surface area (Å²) in [6.07, 6.45) is 0. The van der Waals surface area contributed by atoms with Crippen molar-refractivity contribution in [2.24, 2.45) is 0 Å². The minimum absolute atomic E-state index is 0.0182. The molecule has 5 nitrogen and oxygen atoms in total. The normalized spacial score (nSPS) is 11.5. The van der Waals surface area contributed by atoms with Gasteiger partial charge in [0.1, 0.15) is 0 Å². The van der Waals surface area contributed by atoms with Crippen molar-refractivity contribution in [3.63, 3.8) is 0 Å². The molecule has 0 heterocycles. The van der Waals surface area contributed by atoms with Crippen LogP contribution in [0.2, 0.25) is 0 Å². The fourth-order valence-corrected chi connectivity index (χ4v) is 3.27. The quantitative estimate of drug-likeness (QED) is 0.750. The number of carbonyl (C=O) groups is 1. The van der Waals surface area contributed by atoms with Crippen molar-refractivity contribution in [1.82, 2.24) is 4.90 Å². The van der Waals surface area contributed by atoms with Crippen molar-refractivity contribution < 1.29 is 17.9 Å². The minimum Gasteiger partial charge on any atom is -0.383 e. The smallest absolute Gasteiger partial charge is 0.261 e. The van der Waals surface area contributed by atoms with Gasteiger partial charge in [-0.15, -0.1) is 0 Å². The van der Waals surface area contributed by atoms with E-state index >= 15 is 0 Å². The Bertz CT molecular complexity index is 628. The number of ether oxygens (including phenoxy) is 1. The van der Waals surface area contributed by atoms with E-state index in [1.165, 1.54) is 6.07 Å². The average molecular weight is 334 g/mol. The number of hydrogen-bond donors (Lipinski definition) is 0. The van der Waals surface area contributed by atoms with Crippen molar-refractivity contribution in [2.75, 3.05) is 26.8 Å². The summed E-state index contributed by atoms with van der Waals surface area (Å²) in [6, 6.07) is 3.02. The molecule has 0 bridgehead atoms. The molecule has 7 heteroatoms. The van der Waals surface area contributed by atoms with Gasteiger partial charge in [-0.1, -0.05) is 0 Å². The lowest BCUT2D eigenvalue weighted by Crippen LogP contribution is -2.33. The molecule has 21 heavy (non-hydrogen) atoms. The van der Waals surface area contributed by atoms with Gasteiger partial charge in [0.05, 0.1) is 11.5 Å². The van der Waals surface area contributed by atoms with Crippen LogP contribution in [0.15, 0.2) is 17.0 Å². The Labute approximate surface area is 130 Å². The maximum atomic E-state index is 12.5. The van der Waals surface area contributed by atoms with E-state index in [0.717, 1.165) is 0 Å². The molecule has 0 aliphatic carbocycles. The number of aryl methyl sites for hydroxylation is 1. The van der Waals surface area contributed by atoms with E-state index < -0.39 is 9.05 Å². The molecule has 0 atom stereocenters. The highest BCUT2D eigenvalue weighted by Gasteiger charge is 2.21. The van der Waals surface area contributed by atoms with E-state index in [-0.39, 0.29) is 10.8 Å². The number of nitrogens with zero attached hydrogens (tertiary/aromatic N) is 1. The second kappa shape index (κ2) is 7.24. The van der Waals surface area contributed by atoms with E-state index in [0.29, 0.717) is 36.4 Å². The third-order valence-corrected chi connectivity index (χ3v) is 4.81. The van der Waals surface area contributed by atoms with Crippen molar-refractivity contribution in [3.8, 4) is 0 Å². The van der Waals surface area contributed by atoms with E-state index in [4.69, 9.17) is 15.4 Å². The molecule has 118 valence electrons. The first kappa shape index (κ1) is 17.9. The lowest BCUT2D eigenvalue weighted by atomic mass is 10.1. The Morgan fingerprint density at radius 1 is 1.33 bits per heavy atom. The van der Waals surface area contributed by atoms with Crippen LogP contribution in [0.5, 0.6) is 0 Å². The first-order valence-corrected chi connectivity index (χ1v) is 8.87. The highest BCUT2D eigenvalue weighted by Crippen LogP contribution is 2.24. The van der Waals surface area contributed by atoms with Crippen LogP contribution in [-0.2, 0) is 13.8 Å². The zero-order valence-corrected chi connectivity index (χ0v) is 14.2. The number of carbonyl (C=O) groups excluding carboxylic acids is 1. The molecule has 0 saturated heterocycles. The summed E-state index contributed by atoms with van der Waals surface area (Å²) in [5, 5.41) is 0. The van der Waals surface area contributed by atoms with Gasteiger partial charge < -0.3 is 9.64 Å². The van der Waals surface area contributed by atoms with Crippen molar-refractivity contribution in [3.05, 3.63) is 28.8 Å². The predicted molar refractivity (Wildman–Crippen MR) is 82.4 cm³/mol. The van der Waals surface area contributed by atoms with Gasteiger partial charge in [-0.25, -0.2) is 8.42 Å². The van der Waals surface area contributed by atoms with Crippen molar-refractivity contribution in [2.45, 2.75) is 25.7 Å². The van der Waals surface area contributed by atoms with Gasteiger partial charge >= 0.3 is 0 Å². The molecule has 0 unspecified atom stereocenters. The van der Waals surface area contributed by atoms with Crippen molar-refractivity contribution in [1.29, 1.82) is 0 Å². The van der Waals surface area contributed by atoms with Crippen LogP contribution >= 0.6 is 10.7 Å². The third-order valence-electron chi connectivity index (χ3n) is 3.36. The SMILES string of the molecule is CCN(CCOC)C(=O)c1cc(C)c(C)c(S(=O)(=O)Cl)c1. The number of amides is 1. The van der Waals surface area contributed by atoms with Gasteiger partial charge in [-0.2, -0.15) is 0 Å². The average Bonchev–Trinajstić information content (AvgIpc) is 2.40. The number of likely N-dealkylation sites (N-methyl/N-ethyl adjacent to an activating group) is 1. The van der Waals surface area contributed by atoms with Crippen LogP contribution in [-0.4, -0.2) is 46.0 Å². The summed E-state index contributed by atoms with van der Waals surface area (Å²) >= 11 is 0. The maximum absolute atomic E-state index is 12.5. The molecule has 1 amide bonds. The molecular weight excluding hydrogens is 314 g/mol. The monoisotopic (exact) mass is 333 g/mol. The lowest BCUT2D eigenvalue weighted by Gasteiger charge is -2.21. The number of rotatable bonds is 6. The topological polar surface area (TPSA) is 63.7 Å². The summed E-state index contributed by atoms with van der Waals surface area (Å²) in [7, 11) is 3.11. The van der Waals surface area contributed by atoms with Crippen LogP contribution in [0.1, 0.15) is 28.4 Å². The Balaban J connectivity index is 3.25. The molecular formula is C14H20ClNO4S. The highest BCUT2D eigenvalue weighted by atomic mass is 35.7. The summed E-state index contributed by atoms with van der Waals surface area (Å²) in [5.41, 5.74) is 1.58. The molecule has 0 radical (unpaired) electrons. The van der Waals surface area contributed by atoms with Crippen LogP contribution in [0.3, 0.4) is 0 Å². The molecule has 0 aliphatic heterocycles. The van der Waals surface area contributed by atoms with E-state index in [2.05, 4.69) is 0 Å². The fourth-order valence-electron chi connectivity index (χ4n) is 1.99. The Hall–Kier alpha value is -1.11. The lowest BCUT2D eigenvalue weighted by molar-refractivity contribution is 0.0706. The molecule has 0 N–H and O–H groups in total. The minimum atomic E-state index is -3.88. The van der Waals surface area contributed by atoms with Gasteiger partial charge in [0, 0.05) is 36.4 Å². The third kappa shape index (κ3) is 4.43. The summed E-state index contributed by atoms with van der Waals surface area (Å²) in [5.74, 6) is -0.237. The van der Waals surface area contributed by atoms with Crippen LogP contribution in [0, 0.1) is 13.8 Å². The highest BCUT2D eigenvalue weighted by molar-refractivity contribution is 8.13. The first-order valence-electron chi connectivity index (χ1n) is 6.56. The predicted octanol–water partition coefficient (Wildman–Crippen LogP) is 2.34. The summed E-state index contributed by atoms with van der Waals surface area (Å²) in [4.78, 5) is 14.0. The molecule has 0 spiro atoms. The number of hydrogen-bond acceptors (Lipinski definition) is 4. The number of benzene rings is 1. The Morgan fingerprint density at radius 3 is 2.43 bits per heavy atom. The van der Waals surface area contributed by atoms with E-state index in [1.807, 2.05) is 6.92 Å². The fraction of sp³-hybridized carbons (Fsp3) is 0.500. The van der Waals surface area contributed by atoms with Crippen molar-refractivity contribution >= 4 is 25.6 Å². The van der Waals surface area contributed by atoms with Gasteiger partial charge in [0.15, 0.2) is 0 Å². The van der Waals surface area contributed by atoms with E-state index in [1.54, 1.807) is 31.9 Å². The number of methoxy groups -OCH3 is 1. The Kier molecular flexibility index (Phi) is 6.19. The second-order valence-electron chi connectivity index (χ2n) is 4.73. The molecule has 1 aromatic rings. The molecule has 0 saturated carbocycles. The zero-order valence-electron chi connectivity index (χ0n) is 12.6. The summed E-state index contributed by atoms with van der Waals surface area (Å²) < 4.78 is 28.2. The van der Waals surface area contributed by atoms with Gasteiger partial charge in [-0.3, -0.25) is 4.79 Å². The Morgan fingerprint density at radius 2 is 1.95 bits per heavy atom. The largest absolute Gasteiger partial charge is 0.383 e. The molecule has 1 rings (SSSR count). The number of halogens is 1. The van der Waals surface area contributed by atoms with Gasteiger partial charge in [-0.05, 0) is 44.0 Å². The second-order valence-corrected chi connectivity index (χ2v) is 7.27. The molecule has 0 fully saturated rings.